The maximum Gasteiger partial charge on any atom is 0.301 e. The van der Waals surface area contributed by atoms with E-state index in [0.29, 0.717) is 37.1 Å². The normalized spacial score (nSPS) is 17.9. The molecule has 0 amide bonds. The average Bonchev–Trinajstić information content (AvgIpc) is 2.33. The van der Waals surface area contributed by atoms with E-state index in [1.165, 1.54) is 16.6 Å². The Morgan fingerprint density at radius 2 is 2.06 bits per heavy atom. The lowest BCUT2D eigenvalue weighted by Gasteiger charge is -2.26. The Morgan fingerprint density at radius 3 is 2.65 bits per heavy atom. The van der Waals surface area contributed by atoms with Crippen molar-refractivity contribution >= 4 is 27.5 Å². The van der Waals surface area contributed by atoms with E-state index in [0.717, 1.165) is 0 Å². The van der Waals surface area contributed by atoms with Crippen molar-refractivity contribution in [3.05, 3.63) is 23.5 Å². The van der Waals surface area contributed by atoms with Crippen LogP contribution < -0.4 is 4.72 Å². The molecule has 1 aliphatic rings. The first-order valence-electron chi connectivity index (χ1n) is 5.05. The lowest BCUT2D eigenvalue weighted by Crippen LogP contribution is -2.43. The Balaban J connectivity index is 2.08. The quantitative estimate of drug-likeness (QED) is 0.827. The molecule has 0 spiro atoms. The van der Waals surface area contributed by atoms with Crippen LogP contribution in [0.3, 0.4) is 0 Å². The van der Waals surface area contributed by atoms with Gasteiger partial charge < -0.3 is 4.74 Å². The smallest absolute Gasteiger partial charge is 0.301 e. The molecule has 2 rings (SSSR count). The third-order valence-corrected chi connectivity index (χ3v) is 4.05. The summed E-state index contributed by atoms with van der Waals surface area (Å²) in [6.07, 6.45) is 1.38. The van der Waals surface area contributed by atoms with Crippen LogP contribution in [0, 0.1) is 0 Å². The molecule has 1 aliphatic heterocycles. The lowest BCUT2D eigenvalue weighted by atomic mass is 10.4. The molecule has 1 fully saturated rings. The van der Waals surface area contributed by atoms with E-state index in [1.54, 1.807) is 6.07 Å². The van der Waals surface area contributed by atoms with Gasteiger partial charge in [-0.05, 0) is 12.1 Å². The topological polar surface area (TPSA) is 71.5 Å². The van der Waals surface area contributed by atoms with E-state index >= 15 is 0 Å². The number of rotatable bonds is 3. The molecule has 1 saturated heterocycles. The molecule has 1 aromatic rings. The second kappa shape index (κ2) is 5.18. The van der Waals surface area contributed by atoms with Crippen LogP contribution in [0.15, 0.2) is 18.3 Å². The number of hydrogen-bond acceptors (Lipinski definition) is 4. The van der Waals surface area contributed by atoms with Crippen LogP contribution in [0.1, 0.15) is 0 Å². The number of morpholine rings is 1. The van der Waals surface area contributed by atoms with Crippen LogP contribution in [0.25, 0.3) is 0 Å². The van der Waals surface area contributed by atoms with Crippen LogP contribution in [0.2, 0.25) is 5.15 Å². The van der Waals surface area contributed by atoms with Gasteiger partial charge in [0.1, 0.15) is 5.15 Å². The molecule has 0 atom stereocenters. The number of ether oxygens (including phenoxy) is 1. The standard InChI is InChI=1S/C9H12ClN3O3S/c10-9-2-1-8(7-11-9)12-17(14,15)13-3-5-16-6-4-13/h1-2,7,12H,3-6H2. The molecular weight excluding hydrogens is 266 g/mol. The molecule has 94 valence electrons. The first kappa shape index (κ1) is 12.6. The van der Waals surface area contributed by atoms with Gasteiger partial charge in [0, 0.05) is 13.1 Å². The number of nitrogens with zero attached hydrogens (tertiary/aromatic N) is 2. The summed E-state index contributed by atoms with van der Waals surface area (Å²) in [7, 11) is -3.53. The van der Waals surface area contributed by atoms with E-state index in [2.05, 4.69) is 9.71 Å². The Bertz CT molecular complexity index is 471. The van der Waals surface area contributed by atoms with Gasteiger partial charge in [-0.2, -0.15) is 12.7 Å². The van der Waals surface area contributed by atoms with E-state index in [9.17, 15) is 8.42 Å². The number of pyridine rings is 1. The molecule has 0 bridgehead atoms. The number of hydrogen-bond donors (Lipinski definition) is 1. The molecule has 17 heavy (non-hydrogen) atoms. The average molecular weight is 278 g/mol. The van der Waals surface area contributed by atoms with Crippen molar-refractivity contribution in [3.8, 4) is 0 Å². The van der Waals surface area contributed by atoms with Gasteiger partial charge in [0.15, 0.2) is 0 Å². The molecule has 6 nitrogen and oxygen atoms in total. The summed E-state index contributed by atoms with van der Waals surface area (Å²) < 4.78 is 32.7. The summed E-state index contributed by atoms with van der Waals surface area (Å²) in [5.74, 6) is 0. The summed E-state index contributed by atoms with van der Waals surface area (Å²) in [4.78, 5) is 3.80. The second-order valence-electron chi connectivity index (χ2n) is 3.49. The van der Waals surface area contributed by atoms with Gasteiger partial charge in [0.05, 0.1) is 25.1 Å². The zero-order chi connectivity index (χ0) is 12.3. The molecule has 0 radical (unpaired) electrons. The third kappa shape index (κ3) is 3.29. The zero-order valence-corrected chi connectivity index (χ0v) is 10.5. The summed E-state index contributed by atoms with van der Waals surface area (Å²) in [6.45, 7) is 1.55. The SMILES string of the molecule is O=S(=O)(Nc1ccc(Cl)nc1)N1CCOCC1. The van der Waals surface area contributed by atoms with Crippen LogP contribution >= 0.6 is 11.6 Å². The summed E-state index contributed by atoms with van der Waals surface area (Å²) in [5, 5.41) is 0.319. The molecule has 8 heteroatoms. The highest BCUT2D eigenvalue weighted by Gasteiger charge is 2.24. The first-order chi connectivity index (χ1) is 8.08. The highest BCUT2D eigenvalue weighted by molar-refractivity contribution is 7.90. The number of halogens is 1. The van der Waals surface area contributed by atoms with Gasteiger partial charge in [-0.25, -0.2) is 4.98 Å². The second-order valence-corrected chi connectivity index (χ2v) is 5.55. The summed E-state index contributed by atoms with van der Waals surface area (Å²) in [5.41, 5.74) is 0.390. The Morgan fingerprint density at radius 1 is 1.35 bits per heavy atom. The third-order valence-electron chi connectivity index (χ3n) is 2.28. The van der Waals surface area contributed by atoms with Gasteiger partial charge in [-0.15, -0.1) is 0 Å². The van der Waals surface area contributed by atoms with Crippen LogP contribution in [-0.2, 0) is 14.9 Å². The van der Waals surface area contributed by atoms with Crippen molar-refractivity contribution in [1.29, 1.82) is 0 Å². The van der Waals surface area contributed by atoms with Crippen molar-refractivity contribution in [2.75, 3.05) is 31.0 Å². The maximum atomic E-state index is 11.9. The highest BCUT2D eigenvalue weighted by atomic mass is 35.5. The fraction of sp³-hybridized carbons (Fsp3) is 0.444. The monoisotopic (exact) mass is 277 g/mol. The molecule has 0 saturated carbocycles. The minimum atomic E-state index is -3.53. The molecule has 1 aromatic heterocycles. The van der Waals surface area contributed by atoms with Gasteiger partial charge in [0.25, 0.3) is 0 Å². The van der Waals surface area contributed by atoms with E-state index in [1.807, 2.05) is 0 Å². The van der Waals surface area contributed by atoms with E-state index in [-0.39, 0.29) is 0 Å². The van der Waals surface area contributed by atoms with E-state index < -0.39 is 10.2 Å². The minimum Gasteiger partial charge on any atom is -0.379 e. The van der Waals surface area contributed by atoms with Gasteiger partial charge in [-0.1, -0.05) is 11.6 Å². The molecule has 0 unspecified atom stereocenters. The van der Waals surface area contributed by atoms with Crippen LogP contribution in [-0.4, -0.2) is 44.0 Å². The number of anilines is 1. The fourth-order valence-electron chi connectivity index (χ4n) is 1.44. The van der Waals surface area contributed by atoms with Crippen molar-refractivity contribution in [1.82, 2.24) is 9.29 Å². The van der Waals surface area contributed by atoms with Gasteiger partial charge in [0.2, 0.25) is 0 Å². The van der Waals surface area contributed by atoms with Crippen LogP contribution in [0.5, 0.6) is 0 Å². The molecule has 0 aromatic carbocycles. The van der Waals surface area contributed by atoms with Gasteiger partial charge in [-0.3, -0.25) is 4.72 Å². The molecular formula is C9H12ClN3O3S. The number of aromatic nitrogens is 1. The first-order valence-corrected chi connectivity index (χ1v) is 6.87. The highest BCUT2D eigenvalue weighted by Crippen LogP contribution is 2.13. The molecule has 0 aliphatic carbocycles. The Hall–Kier alpha value is -0.890. The molecule has 1 N–H and O–H groups in total. The summed E-state index contributed by atoms with van der Waals surface area (Å²) in [6, 6.07) is 3.09. The van der Waals surface area contributed by atoms with Crippen molar-refractivity contribution in [2.45, 2.75) is 0 Å². The van der Waals surface area contributed by atoms with Crippen molar-refractivity contribution in [2.24, 2.45) is 0 Å². The Labute approximate surface area is 105 Å². The van der Waals surface area contributed by atoms with Crippen molar-refractivity contribution in [3.63, 3.8) is 0 Å². The predicted octanol–water partition coefficient (Wildman–Crippen LogP) is 0.724. The summed E-state index contributed by atoms with van der Waals surface area (Å²) >= 11 is 5.62. The van der Waals surface area contributed by atoms with Gasteiger partial charge >= 0.3 is 10.2 Å². The fourth-order valence-corrected chi connectivity index (χ4v) is 2.73. The predicted molar refractivity (Wildman–Crippen MR) is 64.2 cm³/mol. The maximum absolute atomic E-state index is 11.9. The molecule has 2 heterocycles. The van der Waals surface area contributed by atoms with E-state index in [4.69, 9.17) is 16.3 Å². The Kier molecular flexibility index (Phi) is 3.82. The zero-order valence-electron chi connectivity index (χ0n) is 8.97. The largest absolute Gasteiger partial charge is 0.379 e. The minimum absolute atomic E-state index is 0.319. The van der Waals surface area contributed by atoms with Crippen LogP contribution in [0.4, 0.5) is 5.69 Å². The lowest BCUT2D eigenvalue weighted by molar-refractivity contribution is 0.0733. The number of nitrogens with one attached hydrogen (secondary N) is 1. The van der Waals surface area contributed by atoms with Crippen molar-refractivity contribution < 1.29 is 13.2 Å².